The molecule has 4 rings (SSSR count). The fourth-order valence-corrected chi connectivity index (χ4v) is 3.13. The summed E-state index contributed by atoms with van der Waals surface area (Å²) in [6, 6.07) is 15.3. The van der Waals surface area contributed by atoms with E-state index in [0.29, 0.717) is 17.5 Å². The van der Waals surface area contributed by atoms with Crippen molar-refractivity contribution in [3.8, 4) is 17.1 Å². The highest BCUT2D eigenvalue weighted by Crippen LogP contribution is 2.27. The topological polar surface area (TPSA) is 68.5 Å². The second-order valence-corrected chi connectivity index (χ2v) is 6.23. The second kappa shape index (κ2) is 7.00. The van der Waals surface area contributed by atoms with Gasteiger partial charge in [0.25, 0.3) is 5.91 Å². The molecular weight excluding hydrogens is 330 g/mol. The van der Waals surface area contributed by atoms with E-state index in [1.165, 1.54) is 5.56 Å². The highest BCUT2D eigenvalue weighted by atomic mass is 16.5. The number of amides is 1. The minimum Gasteiger partial charge on any atom is -0.484 e. The lowest BCUT2D eigenvalue weighted by atomic mass is 10.0. The van der Waals surface area contributed by atoms with Crippen LogP contribution in [0.25, 0.3) is 11.4 Å². The number of aromatic nitrogens is 2. The lowest BCUT2D eigenvalue weighted by molar-refractivity contribution is -0.120. The van der Waals surface area contributed by atoms with E-state index in [4.69, 9.17) is 9.26 Å². The van der Waals surface area contributed by atoms with Crippen LogP contribution in [0.3, 0.4) is 0 Å². The molecule has 0 N–H and O–H groups in total. The molecule has 26 heavy (non-hydrogen) atoms. The van der Waals surface area contributed by atoms with Crippen LogP contribution in [-0.4, -0.2) is 29.2 Å². The van der Waals surface area contributed by atoms with Crippen molar-refractivity contribution < 1.29 is 14.1 Å². The zero-order valence-corrected chi connectivity index (χ0v) is 14.5. The van der Waals surface area contributed by atoms with Crippen LogP contribution in [0.15, 0.2) is 53.1 Å². The maximum Gasteiger partial charge on any atom is 0.264 e. The molecule has 0 aliphatic carbocycles. The van der Waals surface area contributed by atoms with Gasteiger partial charge in [-0.25, -0.2) is 0 Å². The van der Waals surface area contributed by atoms with E-state index in [1.807, 2.05) is 35.2 Å². The smallest absolute Gasteiger partial charge is 0.264 e. The molecule has 132 valence electrons. The van der Waals surface area contributed by atoms with Gasteiger partial charge in [-0.15, -0.1) is 0 Å². The summed E-state index contributed by atoms with van der Waals surface area (Å²) >= 11 is 0. The van der Waals surface area contributed by atoms with Crippen LogP contribution >= 0.6 is 0 Å². The minimum atomic E-state index is -0.0324. The van der Waals surface area contributed by atoms with Crippen molar-refractivity contribution in [2.75, 3.05) is 18.1 Å². The molecule has 0 saturated carbocycles. The number of nitrogens with zero attached hydrogens (tertiary/aromatic N) is 3. The summed E-state index contributed by atoms with van der Waals surface area (Å²) in [5.41, 5.74) is 3.05. The van der Waals surface area contributed by atoms with Gasteiger partial charge in [-0.1, -0.05) is 23.4 Å². The number of carbonyl (C=O) groups excluding carboxylic acids is 1. The van der Waals surface area contributed by atoms with Crippen molar-refractivity contribution in [3.05, 3.63) is 60.0 Å². The van der Waals surface area contributed by atoms with E-state index in [2.05, 4.69) is 16.2 Å². The Morgan fingerprint density at radius 1 is 1.19 bits per heavy atom. The molecule has 0 unspecified atom stereocenters. The van der Waals surface area contributed by atoms with E-state index >= 15 is 0 Å². The van der Waals surface area contributed by atoms with Crippen molar-refractivity contribution in [1.82, 2.24) is 10.1 Å². The molecule has 2 aromatic carbocycles. The van der Waals surface area contributed by atoms with Crippen LogP contribution in [0, 0.1) is 6.92 Å². The minimum absolute atomic E-state index is 0.00893. The largest absolute Gasteiger partial charge is 0.484 e. The van der Waals surface area contributed by atoms with E-state index in [9.17, 15) is 4.79 Å². The Kier molecular flexibility index (Phi) is 4.39. The summed E-state index contributed by atoms with van der Waals surface area (Å²) in [7, 11) is 0. The van der Waals surface area contributed by atoms with E-state index in [-0.39, 0.29) is 12.5 Å². The number of benzene rings is 2. The van der Waals surface area contributed by atoms with Crippen LogP contribution in [-0.2, 0) is 11.2 Å². The van der Waals surface area contributed by atoms with Gasteiger partial charge in [-0.05, 0) is 48.7 Å². The van der Waals surface area contributed by atoms with Gasteiger partial charge in [-0.2, -0.15) is 4.98 Å². The molecule has 0 atom stereocenters. The molecule has 1 aromatic heterocycles. The zero-order chi connectivity index (χ0) is 17.9. The summed E-state index contributed by atoms with van der Waals surface area (Å²) in [5, 5.41) is 3.88. The third-order valence-corrected chi connectivity index (χ3v) is 4.41. The lowest BCUT2D eigenvalue weighted by Crippen LogP contribution is -2.38. The summed E-state index contributed by atoms with van der Waals surface area (Å²) in [5.74, 6) is 1.66. The quantitative estimate of drug-likeness (QED) is 0.722. The zero-order valence-electron chi connectivity index (χ0n) is 14.5. The number of carbonyl (C=O) groups is 1. The molecular formula is C20H19N3O3. The first kappa shape index (κ1) is 16.3. The average molecular weight is 349 g/mol. The number of para-hydroxylation sites is 1. The third-order valence-electron chi connectivity index (χ3n) is 4.41. The predicted octanol–water partition coefficient (Wildman–Crippen LogP) is 3.40. The Morgan fingerprint density at radius 3 is 2.77 bits per heavy atom. The molecule has 0 saturated heterocycles. The van der Waals surface area contributed by atoms with Crippen molar-refractivity contribution >= 4 is 11.6 Å². The molecule has 6 nitrogen and oxygen atoms in total. The monoisotopic (exact) mass is 349 g/mol. The third kappa shape index (κ3) is 3.31. The van der Waals surface area contributed by atoms with Crippen LogP contribution in [0.4, 0.5) is 5.69 Å². The number of anilines is 1. The van der Waals surface area contributed by atoms with Crippen LogP contribution < -0.4 is 9.64 Å². The maximum atomic E-state index is 12.6. The maximum absolute atomic E-state index is 12.6. The van der Waals surface area contributed by atoms with Crippen molar-refractivity contribution in [3.63, 3.8) is 0 Å². The molecule has 1 aliphatic heterocycles. The van der Waals surface area contributed by atoms with Gasteiger partial charge in [0.2, 0.25) is 11.7 Å². The summed E-state index contributed by atoms with van der Waals surface area (Å²) < 4.78 is 10.7. The van der Waals surface area contributed by atoms with Gasteiger partial charge in [0.05, 0.1) is 0 Å². The van der Waals surface area contributed by atoms with Gasteiger partial charge in [0.15, 0.2) is 6.61 Å². The van der Waals surface area contributed by atoms with E-state index < -0.39 is 0 Å². The number of hydrogen-bond donors (Lipinski definition) is 0. The Balaban J connectivity index is 1.41. The summed E-state index contributed by atoms with van der Waals surface area (Å²) in [4.78, 5) is 18.6. The number of aryl methyl sites for hydroxylation is 2. The standard InChI is InChI=1S/C20H19N3O3/c1-14-21-20(22-26-14)16-8-10-17(11-9-16)25-13-19(24)23-12-4-6-15-5-2-3-7-18(15)23/h2-3,5,7-11H,4,6,12-13H2,1H3. The first-order valence-electron chi connectivity index (χ1n) is 8.62. The van der Waals surface area contributed by atoms with Crippen molar-refractivity contribution in [2.45, 2.75) is 19.8 Å². The molecule has 0 bridgehead atoms. The Labute approximate surface area is 151 Å². The molecule has 0 spiro atoms. The number of fused-ring (bicyclic) bond motifs is 1. The molecule has 1 amide bonds. The van der Waals surface area contributed by atoms with Crippen LogP contribution in [0.1, 0.15) is 17.9 Å². The lowest BCUT2D eigenvalue weighted by Gasteiger charge is -2.29. The molecule has 0 radical (unpaired) electrons. The SMILES string of the molecule is Cc1nc(-c2ccc(OCC(=O)N3CCCc4ccccc43)cc2)no1. The average Bonchev–Trinajstić information content (AvgIpc) is 3.12. The van der Waals surface area contributed by atoms with E-state index in [0.717, 1.165) is 30.6 Å². The van der Waals surface area contributed by atoms with Crippen molar-refractivity contribution in [2.24, 2.45) is 0 Å². The number of ether oxygens (including phenoxy) is 1. The molecule has 0 fully saturated rings. The Morgan fingerprint density at radius 2 is 2.00 bits per heavy atom. The van der Waals surface area contributed by atoms with Gasteiger partial charge in [-0.3, -0.25) is 4.79 Å². The fourth-order valence-electron chi connectivity index (χ4n) is 3.13. The highest BCUT2D eigenvalue weighted by molar-refractivity contribution is 5.95. The Hall–Kier alpha value is -3.15. The van der Waals surface area contributed by atoms with E-state index in [1.54, 1.807) is 19.1 Å². The molecule has 6 heteroatoms. The first-order chi connectivity index (χ1) is 12.7. The number of hydrogen-bond acceptors (Lipinski definition) is 5. The van der Waals surface area contributed by atoms with Crippen LogP contribution in [0.5, 0.6) is 5.75 Å². The van der Waals surface area contributed by atoms with Crippen LogP contribution in [0.2, 0.25) is 0 Å². The molecule has 1 aliphatic rings. The molecule has 2 heterocycles. The summed E-state index contributed by atoms with van der Waals surface area (Å²) in [6.07, 6.45) is 1.99. The normalized spacial score (nSPS) is 13.3. The van der Waals surface area contributed by atoms with Gasteiger partial charge in [0.1, 0.15) is 5.75 Å². The van der Waals surface area contributed by atoms with Crippen molar-refractivity contribution in [1.29, 1.82) is 0 Å². The van der Waals surface area contributed by atoms with Gasteiger partial charge >= 0.3 is 0 Å². The fraction of sp³-hybridized carbons (Fsp3) is 0.250. The first-order valence-corrected chi connectivity index (χ1v) is 8.62. The second-order valence-electron chi connectivity index (χ2n) is 6.23. The van der Waals surface area contributed by atoms with Gasteiger partial charge < -0.3 is 14.2 Å². The van der Waals surface area contributed by atoms with Gasteiger partial charge in [0, 0.05) is 24.7 Å². The highest BCUT2D eigenvalue weighted by Gasteiger charge is 2.22. The predicted molar refractivity (Wildman–Crippen MR) is 97.1 cm³/mol. The molecule has 3 aromatic rings. The summed E-state index contributed by atoms with van der Waals surface area (Å²) in [6.45, 7) is 2.49. The number of rotatable bonds is 4. The Bertz CT molecular complexity index is 918.